The normalized spacial score (nSPS) is 16.1. The van der Waals surface area contributed by atoms with Crippen molar-refractivity contribution in [3.63, 3.8) is 0 Å². The second-order valence-corrected chi connectivity index (χ2v) is 5.11. The minimum Gasteiger partial charge on any atom is -0.493 e. The summed E-state index contributed by atoms with van der Waals surface area (Å²) >= 11 is 3.42. The van der Waals surface area contributed by atoms with Crippen LogP contribution in [0.3, 0.4) is 0 Å². The molecular weight excluding hydrogens is 282 g/mol. The zero-order valence-electron chi connectivity index (χ0n) is 10.1. The Morgan fingerprint density at radius 2 is 2.00 bits per heavy atom. The summed E-state index contributed by atoms with van der Waals surface area (Å²) < 4.78 is 12.0. The molecule has 1 heterocycles. The maximum absolute atomic E-state index is 5.76. The largest absolute Gasteiger partial charge is 0.493 e. The molecule has 17 heavy (non-hydrogen) atoms. The Hall–Kier alpha value is -0.740. The first-order valence-corrected chi connectivity index (χ1v) is 6.77. The first-order chi connectivity index (χ1) is 8.29. The Kier molecular flexibility index (Phi) is 4.68. The van der Waals surface area contributed by atoms with E-state index in [0.717, 1.165) is 29.1 Å². The summed E-state index contributed by atoms with van der Waals surface area (Å²) in [7, 11) is 1.66. The minimum atomic E-state index is 0.720. The van der Waals surface area contributed by atoms with E-state index in [0.29, 0.717) is 0 Å². The van der Waals surface area contributed by atoms with Crippen molar-refractivity contribution in [1.82, 2.24) is 4.90 Å². The van der Waals surface area contributed by atoms with Crippen LogP contribution in [0.15, 0.2) is 22.7 Å². The third-order valence-electron chi connectivity index (χ3n) is 2.99. The number of hydrogen-bond acceptors (Lipinski definition) is 3. The van der Waals surface area contributed by atoms with Crippen molar-refractivity contribution in [3.05, 3.63) is 22.7 Å². The van der Waals surface area contributed by atoms with Crippen molar-refractivity contribution in [2.45, 2.75) is 12.8 Å². The van der Waals surface area contributed by atoms with Gasteiger partial charge in [0, 0.05) is 11.0 Å². The van der Waals surface area contributed by atoms with Crippen LogP contribution in [0, 0.1) is 0 Å². The molecule has 0 bridgehead atoms. The van der Waals surface area contributed by atoms with Crippen LogP contribution in [0.4, 0.5) is 0 Å². The van der Waals surface area contributed by atoms with Gasteiger partial charge in [0.1, 0.15) is 6.61 Å². The molecule has 0 spiro atoms. The molecule has 0 radical (unpaired) electrons. The van der Waals surface area contributed by atoms with Gasteiger partial charge >= 0.3 is 0 Å². The van der Waals surface area contributed by atoms with Crippen molar-refractivity contribution >= 4 is 15.9 Å². The number of ether oxygens (including phenoxy) is 2. The van der Waals surface area contributed by atoms with E-state index in [2.05, 4.69) is 20.8 Å². The highest BCUT2D eigenvalue weighted by Crippen LogP contribution is 2.30. The lowest BCUT2D eigenvalue weighted by atomic mass is 10.3. The smallest absolute Gasteiger partial charge is 0.161 e. The van der Waals surface area contributed by atoms with E-state index in [1.165, 1.54) is 25.9 Å². The van der Waals surface area contributed by atoms with Crippen LogP contribution in [0.5, 0.6) is 11.5 Å². The summed E-state index contributed by atoms with van der Waals surface area (Å²) in [6, 6.07) is 5.83. The van der Waals surface area contributed by atoms with E-state index in [1.54, 1.807) is 7.11 Å². The SMILES string of the molecule is COc1cc(Br)ccc1OCCN1CCCC1. The van der Waals surface area contributed by atoms with Gasteiger partial charge in [-0.2, -0.15) is 0 Å². The van der Waals surface area contributed by atoms with Crippen LogP contribution in [0.2, 0.25) is 0 Å². The highest BCUT2D eigenvalue weighted by molar-refractivity contribution is 9.10. The van der Waals surface area contributed by atoms with Gasteiger partial charge in [-0.15, -0.1) is 0 Å². The van der Waals surface area contributed by atoms with Gasteiger partial charge in [0.05, 0.1) is 7.11 Å². The molecule has 1 saturated heterocycles. The average molecular weight is 300 g/mol. The fraction of sp³-hybridized carbons (Fsp3) is 0.538. The molecule has 3 nitrogen and oxygen atoms in total. The molecule has 2 rings (SSSR count). The highest BCUT2D eigenvalue weighted by atomic mass is 79.9. The first-order valence-electron chi connectivity index (χ1n) is 5.98. The van der Waals surface area contributed by atoms with E-state index in [-0.39, 0.29) is 0 Å². The van der Waals surface area contributed by atoms with Gasteiger partial charge in [-0.1, -0.05) is 15.9 Å². The van der Waals surface area contributed by atoms with Gasteiger partial charge in [-0.25, -0.2) is 0 Å². The summed E-state index contributed by atoms with van der Waals surface area (Å²) in [4.78, 5) is 2.44. The third-order valence-corrected chi connectivity index (χ3v) is 3.48. The molecule has 94 valence electrons. The third kappa shape index (κ3) is 3.61. The van der Waals surface area contributed by atoms with Crippen molar-refractivity contribution in [1.29, 1.82) is 0 Å². The lowest BCUT2D eigenvalue weighted by Crippen LogP contribution is -2.25. The predicted molar refractivity (Wildman–Crippen MR) is 71.9 cm³/mol. The van der Waals surface area contributed by atoms with Gasteiger partial charge < -0.3 is 9.47 Å². The van der Waals surface area contributed by atoms with Crippen LogP contribution in [-0.2, 0) is 0 Å². The van der Waals surface area contributed by atoms with Crippen LogP contribution >= 0.6 is 15.9 Å². The molecule has 1 aromatic carbocycles. The zero-order chi connectivity index (χ0) is 12.1. The number of rotatable bonds is 5. The molecule has 1 fully saturated rings. The predicted octanol–water partition coefficient (Wildman–Crippen LogP) is 2.93. The maximum Gasteiger partial charge on any atom is 0.161 e. The molecule has 0 aromatic heterocycles. The molecule has 1 aromatic rings. The molecule has 1 aliphatic rings. The molecule has 0 saturated carbocycles. The number of methoxy groups -OCH3 is 1. The molecule has 4 heteroatoms. The Balaban J connectivity index is 1.85. The average Bonchev–Trinajstić information content (AvgIpc) is 2.84. The maximum atomic E-state index is 5.76. The van der Waals surface area contributed by atoms with E-state index in [4.69, 9.17) is 9.47 Å². The second kappa shape index (κ2) is 6.26. The molecule has 0 unspecified atom stereocenters. The standard InChI is InChI=1S/C13H18BrNO2/c1-16-13-10-11(14)4-5-12(13)17-9-8-15-6-2-3-7-15/h4-5,10H,2-3,6-9H2,1H3. The highest BCUT2D eigenvalue weighted by Gasteiger charge is 2.11. The lowest BCUT2D eigenvalue weighted by Gasteiger charge is -2.16. The van der Waals surface area contributed by atoms with Crippen molar-refractivity contribution in [3.8, 4) is 11.5 Å². The zero-order valence-corrected chi connectivity index (χ0v) is 11.7. The van der Waals surface area contributed by atoms with E-state index in [1.807, 2.05) is 18.2 Å². The minimum absolute atomic E-state index is 0.720. The number of nitrogens with zero attached hydrogens (tertiary/aromatic N) is 1. The van der Waals surface area contributed by atoms with Crippen molar-refractivity contribution in [2.75, 3.05) is 33.4 Å². The molecule has 0 amide bonds. The summed E-state index contributed by atoms with van der Waals surface area (Å²) in [5.74, 6) is 1.59. The molecule has 1 aliphatic heterocycles. The van der Waals surface area contributed by atoms with Gasteiger partial charge in [0.25, 0.3) is 0 Å². The van der Waals surface area contributed by atoms with E-state index >= 15 is 0 Å². The monoisotopic (exact) mass is 299 g/mol. The number of benzene rings is 1. The van der Waals surface area contributed by atoms with Crippen molar-refractivity contribution in [2.24, 2.45) is 0 Å². The quantitative estimate of drug-likeness (QED) is 0.834. The summed E-state index contributed by atoms with van der Waals surface area (Å²) in [6.07, 6.45) is 2.64. The van der Waals surface area contributed by atoms with Crippen LogP contribution in [0.1, 0.15) is 12.8 Å². The second-order valence-electron chi connectivity index (χ2n) is 4.19. The molecule has 0 N–H and O–H groups in total. The fourth-order valence-electron chi connectivity index (χ4n) is 2.05. The number of hydrogen-bond donors (Lipinski definition) is 0. The molecule has 0 aliphatic carbocycles. The molecular formula is C13H18BrNO2. The van der Waals surface area contributed by atoms with Crippen LogP contribution < -0.4 is 9.47 Å². The summed E-state index contributed by atoms with van der Waals surface area (Å²) in [6.45, 7) is 4.14. The van der Waals surface area contributed by atoms with Gasteiger partial charge in [0.2, 0.25) is 0 Å². The number of halogens is 1. The van der Waals surface area contributed by atoms with E-state index < -0.39 is 0 Å². The summed E-state index contributed by atoms with van der Waals surface area (Å²) in [5, 5.41) is 0. The Morgan fingerprint density at radius 3 is 2.71 bits per heavy atom. The first kappa shape index (κ1) is 12.7. The topological polar surface area (TPSA) is 21.7 Å². The van der Waals surface area contributed by atoms with Crippen LogP contribution in [0.25, 0.3) is 0 Å². The molecule has 0 atom stereocenters. The lowest BCUT2D eigenvalue weighted by molar-refractivity contribution is 0.230. The van der Waals surface area contributed by atoms with Crippen molar-refractivity contribution < 1.29 is 9.47 Å². The van der Waals surface area contributed by atoms with Gasteiger partial charge in [0.15, 0.2) is 11.5 Å². The van der Waals surface area contributed by atoms with Gasteiger partial charge in [-0.3, -0.25) is 4.90 Å². The van der Waals surface area contributed by atoms with Gasteiger partial charge in [-0.05, 0) is 44.1 Å². The number of likely N-dealkylation sites (tertiary alicyclic amines) is 1. The van der Waals surface area contributed by atoms with E-state index in [9.17, 15) is 0 Å². The fourth-order valence-corrected chi connectivity index (χ4v) is 2.39. The Morgan fingerprint density at radius 1 is 1.24 bits per heavy atom. The summed E-state index contributed by atoms with van der Waals surface area (Å²) in [5.41, 5.74) is 0. The Bertz CT molecular complexity index is 364. The van der Waals surface area contributed by atoms with Crippen LogP contribution in [-0.4, -0.2) is 38.3 Å². The Labute approximate surface area is 111 Å².